The zero-order chi connectivity index (χ0) is 18.7. The fourth-order valence-electron chi connectivity index (χ4n) is 2.95. The number of aromatic nitrogens is 1. The van der Waals surface area contributed by atoms with Gasteiger partial charge in [-0.1, -0.05) is 18.2 Å². The van der Waals surface area contributed by atoms with Crippen LogP contribution < -0.4 is 10.9 Å². The molecule has 4 nitrogen and oxygen atoms in total. The Morgan fingerprint density at radius 3 is 2.77 bits per heavy atom. The maximum Gasteiger partial charge on any atom is 0.253 e. The molecule has 0 saturated heterocycles. The Labute approximate surface area is 162 Å². The van der Waals surface area contributed by atoms with Gasteiger partial charge in [0.15, 0.2) is 5.11 Å². The van der Waals surface area contributed by atoms with Crippen LogP contribution in [0.25, 0.3) is 10.9 Å². The van der Waals surface area contributed by atoms with Crippen molar-refractivity contribution in [3.8, 4) is 0 Å². The lowest BCUT2D eigenvalue weighted by Crippen LogP contribution is -2.39. The van der Waals surface area contributed by atoms with Crippen LogP contribution in [-0.4, -0.2) is 21.5 Å². The first-order valence-electron chi connectivity index (χ1n) is 8.67. The van der Waals surface area contributed by atoms with Crippen LogP contribution in [0.15, 0.2) is 40.5 Å². The summed E-state index contributed by atoms with van der Waals surface area (Å²) in [7, 11) is 0. The number of nitrogens with zero attached hydrogens (tertiary/aromatic N) is 1. The van der Waals surface area contributed by atoms with Gasteiger partial charge in [0.1, 0.15) is 0 Å². The predicted octanol–water partition coefficient (Wildman–Crippen LogP) is 4.10. The fourth-order valence-corrected chi connectivity index (χ4v) is 3.94. The van der Waals surface area contributed by atoms with Gasteiger partial charge in [-0.3, -0.25) is 4.79 Å². The first-order valence-corrected chi connectivity index (χ1v) is 9.95. The maximum absolute atomic E-state index is 12.7. The van der Waals surface area contributed by atoms with Crippen molar-refractivity contribution in [3.05, 3.63) is 67.6 Å². The van der Waals surface area contributed by atoms with E-state index in [9.17, 15) is 4.79 Å². The molecule has 0 amide bonds. The molecule has 0 spiro atoms. The highest BCUT2D eigenvalue weighted by Crippen LogP contribution is 2.20. The van der Waals surface area contributed by atoms with Gasteiger partial charge in [-0.05, 0) is 67.0 Å². The third-order valence-electron chi connectivity index (χ3n) is 4.53. The minimum Gasteiger partial charge on any atom is -0.363 e. The Balaban J connectivity index is 1.95. The second-order valence-electron chi connectivity index (χ2n) is 6.37. The second kappa shape index (κ2) is 8.01. The minimum absolute atomic E-state index is 0.0540. The smallest absolute Gasteiger partial charge is 0.253 e. The number of thiophene rings is 1. The van der Waals surface area contributed by atoms with Crippen LogP contribution in [0.1, 0.15) is 28.5 Å². The van der Waals surface area contributed by atoms with Gasteiger partial charge in [-0.25, -0.2) is 0 Å². The van der Waals surface area contributed by atoms with E-state index >= 15 is 0 Å². The molecule has 3 aromatic rings. The molecule has 0 atom stereocenters. The van der Waals surface area contributed by atoms with E-state index in [0.717, 1.165) is 28.6 Å². The highest BCUT2D eigenvalue weighted by Gasteiger charge is 2.14. The summed E-state index contributed by atoms with van der Waals surface area (Å²) in [6.07, 6.45) is 0. The molecule has 2 heterocycles. The molecule has 0 aliphatic rings. The molecule has 2 N–H and O–H groups in total. The highest BCUT2D eigenvalue weighted by molar-refractivity contribution is 7.80. The number of rotatable bonds is 5. The van der Waals surface area contributed by atoms with Crippen molar-refractivity contribution in [2.75, 3.05) is 6.54 Å². The van der Waals surface area contributed by atoms with E-state index in [0.29, 0.717) is 18.2 Å². The summed E-state index contributed by atoms with van der Waals surface area (Å²) in [5, 5.41) is 6.97. The predicted molar refractivity (Wildman–Crippen MR) is 114 cm³/mol. The first-order chi connectivity index (χ1) is 12.5. The number of nitrogens with one attached hydrogen (secondary N) is 2. The third-order valence-corrected chi connectivity index (χ3v) is 5.79. The van der Waals surface area contributed by atoms with E-state index in [4.69, 9.17) is 12.2 Å². The van der Waals surface area contributed by atoms with Crippen molar-refractivity contribution >= 4 is 39.6 Å². The minimum atomic E-state index is -0.0540. The molecule has 0 aliphatic heterocycles. The molecule has 0 bridgehead atoms. The molecule has 0 radical (unpaired) electrons. The van der Waals surface area contributed by atoms with Crippen molar-refractivity contribution in [3.63, 3.8) is 0 Å². The summed E-state index contributed by atoms with van der Waals surface area (Å²) >= 11 is 7.22. The number of hydrogen-bond donors (Lipinski definition) is 2. The largest absolute Gasteiger partial charge is 0.363 e. The van der Waals surface area contributed by atoms with Crippen LogP contribution in [0.4, 0.5) is 0 Å². The molecule has 2 aromatic heterocycles. The van der Waals surface area contributed by atoms with Gasteiger partial charge < -0.3 is 15.2 Å². The first kappa shape index (κ1) is 18.6. The number of fused-ring (bicyclic) bond motifs is 1. The third kappa shape index (κ3) is 3.97. The molecule has 0 aliphatic carbocycles. The number of benzene rings is 1. The van der Waals surface area contributed by atoms with Crippen LogP contribution in [0.2, 0.25) is 0 Å². The number of pyridine rings is 1. The van der Waals surface area contributed by atoms with Gasteiger partial charge in [0, 0.05) is 17.0 Å². The average molecular weight is 386 g/mol. The van der Waals surface area contributed by atoms with Crippen LogP contribution in [-0.2, 0) is 13.1 Å². The second-order valence-corrected chi connectivity index (χ2v) is 7.79. The Morgan fingerprint density at radius 1 is 1.27 bits per heavy atom. The Kier molecular flexibility index (Phi) is 5.74. The van der Waals surface area contributed by atoms with Crippen molar-refractivity contribution in [1.82, 2.24) is 15.2 Å². The lowest BCUT2D eigenvalue weighted by atomic mass is 10.0. The maximum atomic E-state index is 12.7. The topological polar surface area (TPSA) is 48.1 Å². The summed E-state index contributed by atoms with van der Waals surface area (Å²) in [5.74, 6) is 0. The molecular formula is C20H23N3OS2. The van der Waals surface area contributed by atoms with E-state index in [2.05, 4.69) is 40.8 Å². The zero-order valence-electron chi connectivity index (χ0n) is 15.3. The Bertz CT molecular complexity index is 977. The van der Waals surface area contributed by atoms with Crippen LogP contribution in [0, 0.1) is 13.8 Å². The lowest BCUT2D eigenvalue weighted by molar-refractivity contribution is 0.402. The molecule has 0 unspecified atom stereocenters. The van der Waals surface area contributed by atoms with E-state index < -0.39 is 0 Å². The zero-order valence-corrected chi connectivity index (χ0v) is 16.9. The summed E-state index contributed by atoms with van der Waals surface area (Å²) in [6, 6.07) is 10.2. The van der Waals surface area contributed by atoms with Crippen LogP contribution in [0.3, 0.4) is 0 Å². The fraction of sp³-hybridized carbons (Fsp3) is 0.300. The van der Waals surface area contributed by atoms with E-state index in [1.165, 1.54) is 10.4 Å². The van der Waals surface area contributed by atoms with Gasteiger partial charge in [0.2, 0.25) is 0 Å². The molecular weight excluding hydrogens is 362 g/mol. The Hall–Kier alpha value is -2.18. The molecule has 6 heteroatoms. The standard InChI is InChI=1S/C20H23N3OS2/c1-4-21-20(25)23(12-17-6-5-9-26-17)11-16-10-15-8-7-13(2)14(3)18(15)22-19(16)24/h5-10H,4,11-12H2,1-3H3,(H,21,25)(H,22,24). The van der Waals surface area contributed by atoms with E-state index in [-0.39, 0.29) is 5.56 Å². The number of aryl methyl sites for hydroxylation is 2. The van der Waals surface area contributed by atoms with Gasteiger partial charge in [-0.15, -0.1) is 11.3 Å². The monoisotopic (exact) mass is 385 g/mol. The summed E-state index contributed by atoms with van der Waals surface area (Å²) in [6.45, 7) is 8.03. The molecule has 26 heavy (non-hydrogen) atoms. The van der Waals surface area contributed by atoms with Gasteiger partial charge >= 0.3 is 0 Å². The number of aromatic amines is 1. The number of thiocarbonyl (C=S) groups is 1. The van der Waals surface area contributed by atoms with Crippen LogP contribution >= 0.6 is 23.6 Å². The Morgan fingerprint density at radius 2 is 2.08 bits per heavy atom. The number of hydrogen-bond acceptors (Lipinski definition) is 3. The molecule has 1 aromatic carbocycles. The number of H-pyrrole nitrogens is 1. The van der Waals surface area contributed by atoms with Crippen molar-refractivity contribution in [2.24, 2.45) is 0 Å². The summed E-state index contributed by atoms with van der Waals surface area (Å²) in [4.78, 5) is 19.0. The van der Waals surface area contributed by atoms with Crippen molar-refractivity contribution in [2.45, 2.75) is 33.9 Å². The van der Waals surface area contributed by atoms with Crippen molar-refractivity contribution in [1.29, 1.82) is 0 Å². The quantitative estimate of drug-likeness (QED) is 0.649. The lowest BCUT2D eigenvalue weighted by Gasteiger charge is -2.25. The molecule has 136 valence electrons. The van der Waals surface area contributed by atoms with Gasteiger partial charge in [0.05, 0.1) is 18.6 Å². The summed E-state index contributed by atoms with van der Waals surface area (Å²) in [5.41, 5.74) is 3.87. The van der Waals surface area contributed by atoms with Crippen molar-refractivity contribution < 1.29 is 0 Å². The molecule has 3 rings (SSSR count). The molecule has 0 fully saturated rings. The van der Waals surface area contributed by atoms with Gasteiger partial charge in [0.25, 0.3) is 5.56 Å². The van der Waals surface area contributed by atoms with E-state index in [1.54, 1.807) is 11.3 Å². The van der Waals surface area contributed by atoms with Crippen LogP contribution in [0.5, 0.6) is 0 Å². The van der Waals surface area contributed by atoms with Gasteiger partial charge in [-0.2, -0.15) is 0 Å². The molecule has 0 saturated carbocycles. The average Bonchev–Trinajstić information content (AvgIpc) is 3.12. The summed E-state index contributed by atoms with van der Waals surface area (Å²) < 4.78 is 0. The normalized spacial score (nSPS) is 10.9. The SMILES string of the molecule is CCNC(=S)N(Cc1cccs1)Cc1cc2ccc(C)c(C)c2[nH]c1=O. The van der Waals surface area contributed by atoms with E-state index in [1.807, 2.05) is 30.9 Å². The highest BCUT2D eigenvalue weighted by atomic mass is 32.1.